The average molecular weight is 368 g/mol. The van der Waals surface area contributed by atoms with Crippen molar-refractivity contribution in [3.8, 4) is 0 Å². The molecule has 1 saturated heterocycles. The molecular formula is C15H16F4O4S. The van der Waals surface area contributed by atoms with E-state index in [-0.39, 0.29) is 23.8 Å². The number of hydrogen-bond donors (Lipinski definition) is 0. The third kappa shape index (κ3) is 4.68. The molecule has 0 spiro atoms. The lowest BCUT2D eigenvalue weighted by molar-refractivity contribution is -0.145. The third-order valence-electron chi connectivity index (χ3n) is 4.00. The fourth-order valence-corrected chi connectivity index (χ4v) is 4.10. The molecule has 4 nitrogen and oxygen atoms in total. The lowest BCUT2D eigenvalue weighted by atomic mass is 9.97. The van der Waals surface area contributed by atoms with E-state index in [1.807, 2.05) is 0 Å². The molecule has 0 aromatic heterocycles. The Kier molecular flexibility index (Phi) is 5.84. The van der Waals surface area contributed by atoms with Gasteiger partial charge in [0.15, 0.2) is 23.3 Å². The molecule has 1 heterocycles. The predicted octanol–water partition coefficient (Wildman–Crippen LogP) is 2.89. The van der Waals surface area contributed by atoms with Crippen molar-refractivity contribution in [2.45, 2.75) is 32.3 Å². The monoisotopic (exact) mass is 368 g/mol. The van der Waals surface area contributed by atoms with Gasteiger partial charge in [-0.1, -0.05) is 0 Å². The number of carbonyl (C=O) groups excluding carboxylic acids is 1. The van der Waals surface area contributed by atoms with Crippen LogP contribution in [0.3, 0.4) is 0 Å². The highest BCUT2D eigenvalue weighted by molar-refractivity contribution is 7.91. The molecule has 1 aromatic rings. The van der Waals surface area contributed by atoms with E-state index in [1.165, 1.54) is 0 Å². The molecule has 2 rings (SSSR count). The first kappa shape index (κ1) is 18.7. The Morgan fingerprint density at radius 1 is 1.08 bits per heavy atom. The molecule has 0 N–H and O–H groups in total. The topological polar surface area (TPSA) is 60.4 Å². The van der Waals surface area contributed by atoms with Crippen LogP contribution in [0.25, 0.3) is 0 Å². The summed E-state index contributed by atoms with van der Waals surface area (Å²) in [5.74, 6) is -7.48. The predicted molar refractivity (Wildman–Crippen MR) is 76.7 cm³/mol. The summed E-state index contributed by atoms with van der Waals surface area (Å²) in [5.41, 5.74) is -0.594. The second-order valence-corrected chi connectivity index (χ2v) is 8.06. The molecule has 0 saturated carbocycles. The van der Waals surface area contributed by atoms with Crippen molar-refractivity contribution in [3.63, 3.8) is 0 Å². The van der Waals surface area contributed by atoms with Crippen molar-refractivity contribution in [1.29, 1.82) is 0 Å². The Morgan fingerprint density at radius 3 is 2.33 bits per heavy atom. The van der Waals surface area contributed by atoms with Gasteiger partial charge in [0.2, 0.25) is 0 Å². The van der Waals surface area contributed by atoms with Crippen LogP contribution in [0.5, 0.6) is 0 Å². The summed E-state index contributed by atoms with van der Waals surface area (Å²) in [6.07, 6.45) is 1.35. The number of ether oxygens (including phenoxy) is 1. The molecule has 0 unspecified atom stereocenters. The van der Waals surface area contributed by atoms with Crippen molar-refractivity contribution < 1.29 is 35.5 Å². The molecule has 1 fully saturated rings. The van der Waals surface area contributed by atoms with Crippen LogP contribution in [0, 0.1) is 29.2 Å². The SMILES string of the molecule is O=C(CCC1CCS(=O)(=O)CC1)OCc1cc(F)c(F)c(F)c1F. The maximum Gasteiger partial charge on any atom is 0.306 e. The highest BCUT2D eigenvalue weighted by Crippen LogP contribution is 2.24. The van der Waals surface area contributed by atoms with E-state index in [1.54, 1.807) is 0 Å². The molecule has 0 aliphatic carbocycles. The summed E-state index contributed by atoms with van der Waals surface area (Å²) in [4.78, 5) is 11.6. The van der Waals surface area contributed by atoms with E-state index >= 15 is 0 Å². The molecule has 24 heavy (non-hydrogen) atoms. The number of halogens is 4. The fourth-order valence-electron chi connectivity index (χ4n) is 2.51. The minimum atomic E-state index is -2.98. The van der Waals surface area contributed by atoms with Crippen LogP contribution in [0.15, 0.2) is 6.07 Å². The Labute approximate surface area is 136 Å². The van der Waals surface area contributed by atoms with Gasteiger partial charge in [0, 0.05) is 12.0 Å². The van der Waals surface area contributed by atoms with Crippen molar-refractivity contribution in [2.24, 2.45) is 5.92 Å². The first-order valence-corrected chi connectivity index (χ1v) is 9.19. The minimum Gasteiger partial charge on any atom is -0.461 e. The molecule has 0 radical (unpaired) electrons. The van der Waals surface area contributed by atoms with Gasteiger partial charge in [0.25, 0.3) is 0 Å². The number of rotatable bonds is 5. The summed E-state index contributed by atoms with van der Waals surface area (Å²) in [6, 6.07) is 0.438. The van der Waals surface area contributed by atoms with Gasteiger partial charge >= 0.3 is 5.97 Å². The molecule has 0 bridgehead atoms. The number of sulfone groups is 1. The molecule has 9 heteroatoms. The van der Waals surface area contributed by atoms with Gasteiger partial charge in [0.1, 0.15) is 16.4 Å². The first-order valence-electron chi connectivity index (χ1n) is 7.37. The molecule has 1 aromatic carbocycles. The van der Waals surface area contributed by atoms with Crippen molar-refractivity contribution in [2.75, 3.05) is 11.5 Å². The van der Waals surface area contributed by atoms with Gasteiger partial charge in [0.05, 0.1) is 11.5 Å². The molecule has 1 aliphatic heterocycles. The van der Waals surface area contributed by atoms with Crippen molar-refractivity contribution in [1.82, 2.24) is 0 Å². The zero-order valence-corrected chi connectivity index (χ0v) is 13.5. The second-order valence-electron chi connectivity index (χ2n) is 5.75. The zero-order chi connectivity index (χ0) is 17.9. The van der Waals surface area contributed by atoms with Crippen LogP contribution in [0.1, 0.15) is 31.2 Å². The van der Waals surface area contributed by atoms with Crippen LogP contribution in [0.2, 0.25) is 0 Å². The molecule has 134 valence electrons. The van der Waals surface area contributed by atoms with Gasteiger partial charge in [-0.3, -0.25) is 4.79 Å². The number of benzene rings is 1. The summed E-state index contributed by atoms with van der Waals surface area (Å²) < 4.78 is 79.6. The maximum absolute atomic E-state index is 13.4. The van der Waals surface area contributed by atoms with Crippen LogP contribution in [-0.4, -0.2) is 25.9 Å². The van der Waals surface area contributed by atoms with Gasteiger partial charge in [-0.05, 0) is 31.2 Å². The third-order valence-corrected chi connectivity index (χ3v) is 5.71. The molecule has 0 atom stereocenters. The normalized spacial score (nSPS) is 17.7. The smallest absolute Gasteiger partial charge is 0.306 e. The largest absolute Gasteiger partial charge is 0.461 e. The Morgan fingerprint density at radius 2 is 1.71 bits per heavy atom. The van der Waals surface area contributed by atoms with Gasteiger partial charge in [-0.2, -0.15) is 0 Å². The quantitative estimate of drug-likeness (QED) is 0.347. The summed E-state index contributed by atoms with van der Waals surface area (Å²) in [7, 11) is -2.98. The molecule has 0 amide bonds. The van der Waals surface area contributed by atoms with E-state index in [0.717, 1.165) is 0 Å². The summed E-state index contributed by atoms with van der Waals surface area (Å²) in [5, 5.41) is 0. The molecule has 1 aliphatic rings. The van der Waals surface area contributed by atoms with E-state index in [2.05, 4.69) is 0 Å². The summed E-state index contributed by atoms with van der Waals surface area (Å²) in [6.45, 7) is -0.710. The van der Waals surface area contributed by atoms with Crippen molar-refractivity contribution in [3.05, 3.63) is 34.9 Å². The Balaban J connectivity index is 1.82. The fraction of sp³-hybridized carbons (Fsp3) is 0.533. The van der Waals surface area contributed by atoms with Crippen LogP contribution < -0.4 is 0 Å². The van der Waals surface area contributed by atoms with Crippen LogP contribution in [-0.2, 0) is 26.0 Å². The lowest BCUT2D eigenvalue weighted by Crippen LogP contribution is -2.23. The van der Waals surface area contributed by atoms with E-state index in [9.17, 15) is 30.8 Å². The van der Waals surface area contributed by atoms with Gasteiger partial charge in [-0.15, -0.1) is 0 Å². The van der Waals surface area contributed by atoms with Gasteiger partial charge in [-0.25, -0.2) is 26.0 Å². The lowest BCUT2D eigenvalue weighted by Gasteiger charge is -2.21. The number of carbonyl (C=O) groups is 1. The average Bonchev–Trinajstić information content (AvgIpc) is 2.54. The number of hydrogen-bond acceptors (Lipinski definition) is 4. The summed E-state index contributed by atoms with van der Waals surface area (Å²) >= 11 is 0. The Bertz CT molecular complexity index is 719. The van der Waals surface area contributed by atoms with Crippen LogP contribution in [0.4, 0.5) is 17.6 Å². The number of esters is 1. The standard InChI is InChI=1S/C15H16F4O4S/c16-11-7-10(13(17)15(19)14(11)18)8-23-12(20)2-1-9-3-5-24(21,22)6-4-9/h7,9H,1-6,8H2. The second kappa shape index (κ2) is 7.50. The van der Waals surface area contributed by atoms with E-state index in [4.69, 9.17) is 4.74 Å². The van der Waals surface area contributed by atoms with Crippen LogP contribution >= 0.6 is 0 Å². The Hall–Kier alpha value is -1.64. The van der Waals surface area contributed by atoms with Crippen molar-refractivity contribution >= 4 is 15.8 Å². The van der Waals surface area contributed by atoms with E-state index in [0.29, 0.717) is 25.3 Å². The molecular weight excluding hydrogens is 352 g/mol. The first-order chi connectivity index (χ1) is 11.2. The minimum absolute atomic E-state index is 0.0154. The van der Waals surface area contributed by atoms with Gasteiger partial charge < -0.3 is 4.74 Å². The zero-order valence-electron chi connectivity index (χ0n) is 12.7. The van der Waals surface area contributed by atoms with E-state index < -0.39 is 51.2 Å². The highest BCUT2D eigenvalue weighted by Gasteiger charge is 2.24. The highest BCUT2D eigenvalue weighted by atomic mass is 32.2. The maximum atomic E-state index is 13.4.